The predicted octanol–water partition coefficient (Wildman–Crippen LogP) is 3.67. The fraction of sp³-hybridized carbons (Fsp3) is 0.385. The normalized spacial score (nSPS) is 22.0. The van der Waals surface area contributed by atoms with Gasteiger partial charge in [-0.15, -0.1) is 0 Å². The van der Waals surface area contributed by atoms with Crippen LogP contribution in [-0.2, 0) is 17.5 Å². The summed E-state index contributed by atoms with van der Waals surface area (Å²) in [7, 11) is 0. The fourth-order valence-corrected chi connectivity index (χ4v) is 5.84. The first-order valence-electron chi connectivity index (χ1n) is 12.0. The summed E-state index contributed by atoms with van der Waals surface area (Å²) in [4.78, 5) is 19.4. The number of nitrogen functional groups attached to an aromatic ring is 1. The van der Waals surface area contributed by atoms with Gasteiger partial charge in [0.25, 0.3) is 0 Å². The number of nitriles is 1. The molecule has 2 fully saturated rings. The van der Waals surface area contributed by atoms with Crippen molar-refractivity contribution >= 4 is 11.8 Å². The van der Waals surface area contributed by atoms with Gasteiger partial charge in [0.1, 0.15) is 17.7 Å². The Morgan fingerprint density at radius 3 is 2.63 bits per heavy atom. The van der Waals surface area contributed by atoms with Gasteiger partial charge in [-0.2, -0.15) is 10.4 Å². The molecule has 178 valence electrons. The van der Waals surface area contributed by atoms with E-state index in [1.54, 1.807) is 24.4 Å². The average Bonchev–Trinajstić information content (AvgIpc) is 3.54. The maximum absolute atomic E-state index is 13.4. The summed E-state index contributed by atoms with van der Waals surface area (Å²) in [5.41, 5.74) is 9.16. The lowest BCUT2D eigenvalue weighted by Crippen LogP contribution is -2.54. The van der Waals surface area contributed by atoms with E-state index in [4.69, 9.17) is 10.8 Å². The molecular formula is C26H26FN7O. The molecule has 35 heavy (non-hydrogen) atoms. The van der Waals surface area contributed by atoms with Crippen LogP contribution in [0, 0.1) is 17.1 Å². The molecule has 1 saturated heterocycles. The number of nitrogens with one attached hydrogen (secondary N) is 1. The van der Waals surface area contributed by atoms with Gasteiger partial charge in [-0.1, -0.05) is 12.1 Å². The molecule has 3 N–H and O–H groups in total. The molecule has 2 aliphatic heterocycles. The van der Waals surface area contributed by atoms with Crippen molar-refractivity contribution in [3.8, 4) is 17.3 Å². The number of hydrogen-bond donors (Lipinski definition) is 2. The molecule has 3 aromatic rings. The third kappa shape index (κ3) is 3.43. The molecule has 8 nitrogen and oxygen atoms in total. The van der Waals surface area contributed by atoms with Crippen LogP contribution >= 0.6 is 0 Å². The van der Waals surface area contributed by atoms with Crippen molar-refractivity contribution in [2.45, 2.75) is 49.6 Å². The van der Waals surface area contributed by atoms with E-state index in [1.165, 1.54) is 12.1 Å². The molecule has 4 heterocycles. The maximum atomic E-state index is 13.4. The van der Waals surface area contributed by atoms with Gasteiger partial charge in [0.15, 0.2) is 0 Å². The van der Waals surface area contributed by atoms with Gasteiger partial charge in [0, 0.05) is 42.5 Å². The zero-order valence-corrected chi connectivity index (χ0v) is 19.3. The van der Waals surface area contributed by atoms with Crippen LogP contribution < -0.4 is 11.1 Å². The molecule has 1 aromatic carbocycles. The smallest absolute Gasteiger partial charge is 0.318 e. The van der Waals surface area contributed by atoms with Crippen molar-refractivity contribution in [1.29, 1.82) is 5.26 Å². The second kappa shape index (κ2) is 7.80. The number of benzene rings is 1. The average molecular weight is 472 g/mol. The number of anilines is 1. The van der Waals surface area contributed by atoms with Crippen molar-refractivity contribution in [2.75, 3.05) is 18.8 Å². The Hall–Kier alpha value is -3.93. The van der Waals surface area contributed by atoms with E-state index in [2.05, 4.69) is 22.4 Å². The van der Waals surface area contributed by atoms with E-state index < -0.39 is 5.54 Å². The van der Waals surface area contributed by atoms with Crippen LogP contribution in [0.1, 0.15) is 48.9 Å². The highest BCUT2D eigenvalue weighted by atomic mass is 19.1. The quantitative estimate of drug-likeness (QED) is 0.605. The van der Waals surface area contributed by atoms with Crippen molar-refractivity contribution < 1.29 is 9.18 Å². The summed E-state index contributed by atoms with van der Waals surface area (Å²) < 4.78 is 15.5. The molecule has 1 atom stereocenters. The van der Waals surface area contributed by atoms with Crippen molar-refractivity contribution in [3.05, 3.63) is 65.2 Å². The lowest BCUT2D eigenvalue weighted by molar-refractivity contribution is 0.154. The number of rotatable bonds is 3. The first-order valence-corrected chi connectivity index (χ1v) is 12.0. The zero-order valence-electron chi connectivity index (χ0n) is 19.3. The molecule has 1 spiro atoms. The first kappa shape index (κ1) is 21.6. The lowest BCUT2D eigenvalue weighted by atomic mass is 9.72. The predicted molar refractivity (Wildman–Crippen MR) is 128 cm³/mol. The molecule has 1 saturated carbocycles. The topological polar surface area (TPSA) is 113 Å². The number of urea groups is 1. The third-order valence-corrected chi connectivity index (χ3v) is 8.05. The number of amides is 2. The van der Waals surface area contributed by atoms with Gasteiger partial charge in [0.2, 0.25) is 0 Å². The standard InChI is InChI=1S/C26H26FN7O/c27-20-4-2-19(3-5-20)26(6-1-7-26)31-24(35)33-10-8-25(16-33)9-11-34-22(25)13-21(32-34)18-12-17(14-28)23(29)30-15-18/h2-5,12-13,15H,1,6-11,16H2,(H2,29,30)(H,31,35). The molecule has 2 amide bonds. The molecule has 3 aliphatic rings. The van der Waals surface area contributed by atoms with E-state index in [9.17, 15) is 14.4 Å². The van der Waals surface area contributed by atoms with Crippen molar-refractivity contribution in [2.24, 2.45) is 0 Å². The summed E-state index contributed by atoms with van der Waals surface area (Å²) in [6.45, 7) is 2.10. The molecule has 1 aliphatic carbocycles. The number of aromatic nitrogens is 3. The maximum Gasteiger partial charge on any atom is 0.318 e. The Bertz CT molecular complexity index is 1360. The molecular weight excluding hydrogens is 445 g/mol. The van der Waals surface area contributed by atoms with Gasteiger partial charge >= 0.3 is 6.03 Å². The van der Waals surface area contributed by atoms with Gasteiger partial charge in [-0.05, 0) is 61.9 Å². The van der Waals surface area contributed by atoms with Gasteiger partial charge < -0.3 is 16.0 Å². The number of aryl methyl sites for hydroxylation is 1. The second-order valence-corrected chi connectivity index (χ2v) is 9.98. The Kier molecular flexibility index (Phi) is 4.81. The summed E-state index contributed by atoms with van der Waals surface area (Å²) >= 11 is 0. The number of fused-ring (bicyclic) bond motifs is 2. The van der Waals surface area contributed by atoms with Gasteiger partial charge in [-0.25, -0.2) is 14.2 Å². The van der Waals surface area contributed by atoms with Crippen LogP contribution in [0.2, 0.25) is 0 Å². The third-order valence-electron chi connectivity index (χ3n) is 8.05. The second-order valence-electron chi connectivity index (χ2n) is 9.98. The number of pyridine rings is 1. The number of carbonyl (C=O) groups is 1. The van der Waals surface area contributed by atoms with E-state index in [-0.39, 0.29) is 23.1 Å². The van der Waals surface area contributed by atoms with E-state index >= 15 is 0 Å². The monoisotopic (exact) mass is 471 g/mol. The Morgan fingerprint density at radius 1 is 1.14 bits per heavy atom. The minimum atomic E-state index is -0.411. The Balaban J connectivity index is 1.21. The highest BCUT2D eigenvalue weighted by Gasteiger charge is 2.48. The minimum absolute atomic E-state index is 0.0644. The fourth-order valence-electron chi connectivity index (χ4n) is 5.84. The number of carbonyl (C=O) groups excluding carboxylic acids is 1. The summed E-state index contributed by atoms with van der Waals surface area (Å²) in [5, 5.41) is 17.3. The first-order chi connectivity index (χ1) is 16.9. The summed E-state index contributed by atoms with van der Waals surface area (Å²) in [6.07, 6.45) is 6.21. The van der Waals surface area contributed by atoms with Gasteiger partial charge in [0.05, 0.1) is 16.8 Å². The molecule has 1 unspecified atom stereocenters. The summed E-state index contributed by atoms with van der Waals surface area (Å²) in [5.74, 6) is -0.0614. The number of hydrogen-bond acceptors (Lipinski definition) is 5. The van der Waals surface area contributed by atoms with E-state index in [1.807, 2.05) is 9.58 Å². The van der Waals surface area contributed by atoms with E-state index in [0.717, 1.165) is 61.2 Å². The largest absolute Gasteiger partial charge is 0.383 e. The lowest BCUT2D eigenvalue weighted by Gasteiger charge is -2.44. The highest BCUT2D eigenvalue weighted by molar-refractivity contribution is 5.76. The van der Waals surface area contributed by atoms with Crippen LogP contribution in [0.25, 0.3) is 11.3 Å². The molecule has 2 aromatic heterocycles. The Labute approximate surface area is 202 Å². The van der Waals surface area contributed by atoms with Crippen molar-refractivity contribution in [3.63, 3.8) is 0 Å². The Morgan fingerprint density at radius 2 is 1.91 bits per heavy atom. The number of nitrogens with zero attached hydrogens (tertiary/aromatic N) is 5. The van der Waals surface area contributed by atoms with Crippen LogP contribution in [0.15, 0.2) is 42.6 Å². The highest BCUT2D eigenvalue weighted by Crippen LogP contribution is 2.45. The number of likely N-dealkylation sites (tertiary alicyclic amines) is 1. The summed E-state index contributed by atoms with van der Waals surface area (Å²) in [6, 6.07) is 12.3. The van der Waals surface area contributed by atoms with E-state index in [0.29, 0.717) is 18.7 Å². The molecule has 0 bridgehead atoms. The van der Waals surface area contributed by atoms with Gasteiger partial charge in [-0.3, -0.25) is 4.68 Å². The molecule has 0 radical (unpaired) electrons. The van der Waals surface area contributed by atoms with Crippen molar-refractivity contribution in [1.82, 2.24) is 25.0 Å². The van der Waals surface area contributed by atoms with Crippen LogP contribution in [0.3, 0.4) is 0 Å². The SMILES string of the molecule is N#Cc1cc(-c2cc3n(n2)CCC32CCN(C(=O)NC3(c4ccc(F)cc4)CCC3)C2)cnc1N. The van der Waals surface area contributed by atoms with Crippen LogP contribution in [0.4, 0.5) is 15.0 Å². The van der Waals surface area contributed by atoms with Crippen LogP contribution in [-0.4, -0.2) is 38.8 Å². The molecule has 9 heteroatoms. The molecule has 6 rings (SSSR count). The minimum Gasteiger partial charge on any atom is -0.383 e. The zero-order chi connectivity index (χ0) is 24.2. The number of nitrogens with two attached hydrogens (primary N) is 1. The van der Waals surface area contributed by atoms with Crippen LogP contribution in [0.5, 0.6) is 0 Å². The number of halogens is 1.